The van der Waals surface area contributed by atoms with Gasteiger partial charge in [-0.25, -0.2) is 0 Å². The largest absolute Gasteiger partial charge is 0.333 e. The molecule has 0 radical (unpaired) electrons. The summed E-state index contributed by atoms with van der Waals surface area (Å²) in [6, 6.07) is 19.7. The Hall–Kier alpha value is -2.85. The summed E-state index contributed by atoms with van der Waals surface area (Å²) in [5.74, 6) is 0. The van der Waals surface area contributed by atoms with Gasteiger partial charge >= 0.3 is 0 Å². The van der Waals surface area contributed by atoms with Gasteiger partial charge in [-0.3, -0.25) is 5.43 Å². The van der Waals surface area contributed by atoms with Crippen LogP contribution in [-0.2, 0) is 12.0 Å². The van der Waals surface area contributed by atoms with Crippen LogP contribution in [0.25, 0.3) is 10.9 Å². The number of benzene rings is 2. The van der Waals surface area contributed by atoms with Crippen molar-refractivity contribution in [2.45, 2.75) is 43.7 Å². The molecule has 0 fully saturated rings. The molecule has 0 amide bonds. The third-order valence-corrected chi connectivity index (χ3v) is 6.93. The van der Waals surface area contributed by atoms with Crippen LogP contribution in [0, 0.1) is 0 Å². The minimum absolute atomic E-state index is 0.0779. The lowest BCUT2D eigenvalue weighted by atomic mass is 9.77. The number of hydrogen-bond acceptors (Lipinski definition) is 3. The van der Waals surface area contributed by atoms with Crippen molar-refractivity contribution >= 4 is 22.3 Å². The first-order chi connectivity index (χ1) is 14.3. The third-order valence-electron chi connectivity index (χ3n) is 6.93. The number of hydrogen-bond donors (Lipinski definition) is 2. The molecule has 0 bridgehead atoms. The van der Waals surface area contributed by atoms with E-state index in [1.807, 2.05) is 30.3 Å². The second kappa shape index (κ2) is 6.60. The molecule has 6 rings (SSSR count). The Labute approximate surface area is 171 Å². The predicted octanol–water partition coefficient (Wildman–Crippen LogP) is 5.14. The summed E-state index contributed by atoms with van der Waals surface area (Å²) in [7, 11) is 0. The smallest absolute Gasteiger partial charge is 0.0639 e. The number of rotatable bonds is 2. The summed E-state index contributed by atoms with van der Waals surface area (Å²) in [6.45, 7) is 1.09. The first-order valence-electron chi connectivity index (χ1n) is 10.8. The minimum atomic E-state index is 0.0779. The van der Waals surface area contributed by atoms with Gasteiger partial charge in [0.25, 0.3) is 0 Å². The van der Waals surface area contributed by atoms with Gasteiger partial charge in [-0.05, 0) is 68.5 Å². The fraction of sp³-hybridized carbons (Fsp3) is 0.320. The molecular weight excluding hydrogens is 356 g/mol. The van der Waals surface area contributed by atoms with E-state index in [4.69, 9.17) is 0 Å². The highest BCUT2D eigenvalue weighted by Gasteiger charge is 2.42. The number of nitrogens with zero attached hydrogens (tertiary/aromatic N) is 2. The Morgan fingerprint density at radius 3 is 2.72 bits per heavy atom. The van der Waals surface area contributed by atoms with E-state index >= 15 is 0 Å². The maximum atomic E-state index is 4.66. The number of nitrogens with one attached hydrogen (secondary N) is 2. The molecule has 4 nitrogen and oxygen atoms in total. The Balaban J connectivity index is 1.40. The Kier molecular flexibility index (Phi) is 3.88. The monoisotopic (exact) mass is 382 g/mol. The van der Waals surface area contributed by atoms with Crippen molar-refractivity contribution in [3.8, 4) is 0 Å². The molecule has 2 aliphatic heterocycles. The first-order valence-corrected chi connectivity index (χ1v) is 10.8. The van der Waals surface area contributed by atoms with Crippen molar-refractivity contribution in [2.24, 2.45) is 5.10 Å². The van der Waals surface area contributed by atoms with Gasteiger partial charge in [0, 0.05) is 22.6 Å². The summed E-state index contributed by atoms with van der Waals surface area (Å²) in [4.78, 5) is 0. The molecule has 4 heteroatoms. The summed E-state index contributed by atoms with van der Waals surface area (Å²) < 4.78 is 2.68. The van der Waals surface area contributed by atoms with Crippen LogP contribution in [0.3, 0.4) is 0 Å². The lowest BCUT2D eigenvalue weighted by Gasteiger charge is -2.45. The lowest BCUT2D eigenvalue weighted by molar-refractivity contribution is 0.239. The van der Waals surface area contributed by atoms with E-state index in [9.17, 15) is 0 Å². The van der Waals surface area contributed by atoms with E-state index in [0.717, 1.165) is 37.2 Å². The Bertz CT molecular complexity index is 1120. The zero-order valence-corrected chi connectivity index (χ0v) is 16.6. The standard InChI is InChI=1S/C25H26N4/c1-2-6-18(7-3-1)27-28-19-10-14-25(15-11-19)16-12-22-24-21(13-17-26-22)20-8-4-5-9-23(20)29(24)25/h1-10,14,22,26-27H,11-13,15-17H2/b28-19+/t22-,25+/m0/s1. The molecule has 2 aromatic carbocycles. The zero-order valence-electron chi connectivity index (χ0n) is 16.6. The highest BCUT2D eigenvalue weighted by Crippen LogP contribution is 2.48. The number of hydrazone groups is 1. The van der Waals surface area contributed by atoms with E-state index < -0.39 is 0 Å². The van der Waals surface area contributed by atoms with Crippen molar-refractivity contribution in [1.82, 2.24) is 9.88 Å². The molecule has 3 aliphatic rings. The van der Waals surface area contributed by atoms with E-state index in [1.165, 1.54) is 29.4 Å². The summed E-state index contributed by atoms with van der Waals surface area (Å²) in [6.07, 6.45) is 10.3. The van der Waals surface area contributed by atoms with Crippen molar-refractivity contribution in [2.75, 3.05) is 12.0 Å². The van der Waals surface area contributed by atoms with Crippen LogP contribution < -0.4 is 10.7 Å². The van der Waals surface area contributed by atoms with Crippen molar-refractivity contribution in [3.63, 3.8) is 0 Å². The predicted molar refractivity (Wildman–Crippen MR) is 119 cm³/mol. The number of allylic oxidation sites excluding steroid dienone is 2. The van der Waals surface area contributed by atoms with Crippen LogP contribution >= 0.6 is 0 Å². The molecule has 1 spiro atoms. The van der Waals surface area contributed by atoms with E-state index in [-0.39, 0.29) is 5.54 Å². The van der Waals surface area contributed by atoms with Gasteiger partial charge in [0.1, 0.15) is 0 Å². The quantitative estimate of drug-likeness (QED) is 0.603. The Morgan fingerprint density at radius 1 is 1.00 bits per heavy atom. The molecule has 1 aliphatic carbocycles. The average Bonchev–Trinajstić information content (AvgIpc) is 3.14. The molecule has 1 aromatic heterocycles. The van der Waals surface area contributed by atoms with E-state index in [0.29, 0.717) is 6.04 Å². The second-order valence-electron chi connectivity index (χ2n) is 8.53. The molecule has 29 heavy (non-hydrogen) atoms. The molecule has 0 unspecified atom stereocenters. The minimum Gasteiger partial charge on any atom is -0.333 e. The van der Waals surface area contributed by atoms with Crippen LogP contribution in [0.15, 0.2) is 71.9 Å². The molecule has 2 N–H and O–H groups in total. The van der Waals surface area contributed by atoms with Crippen molar-refractivity contribution < 1.29 is 0 Å². The van der Waals surface area contributed by atoms with Gasteiger partial charge in [-0.15, -0.1) is 0 Å². The normalized spacial score (nSPS) is 26.8. The maximum Gasteiger partial charge on any atom is 0.0639 e. The van der Waals surface area contributed by atoms with Crippen LogP contribution in [-0.4, -0.2) is 16.8 Å². The van der Waals surface area contributed by atoms with Gasteiger partial charge < -0.3 is 9.88 Å². The van der Waals surface area contributed by atoms with Gasteiger partial charge in [0.05, 0.1) is 16.9 Å². The molecule has 3 heterocycles. The summed E-state index contributed by atoms with van der Waals surface area (Å²) in [5.41, 5.74) is 9.96. The highest BCUT2D eigenvalue weighted by molar-refractivity contribution is 5.96. The van der Waals surface area contributed by atoms with Gasteiger partial charge in [-0.1, -0.05) is 42.5 Å². The van der Waals surface area contributed by atoms with Crippen LogP contribution in [0.1, 0.15) is 43.0 Å². The van der Waals surface area contributed by atoms with Crippen molar-refractivity contribution in [1.29, 1.82) is 0 Å². The maximum absolute atomic E-state index is 4.66. The Morgan fingerprint density at radius 2 is 1.86 bits per heavy atom. The van der Waals surface area contributed by atoms with Gasteiger partial charge in [-0.2, -0.15) is 5.10 Å². The van der Waals surface area contributed by atoms with E-state index in [2.05, 4.69) is 56.8 Å². The van der Waals surface area contributed by atoms with Crippen LogP contribution in [0.5, 0.6) is 0 Å². The third kappa shape index (κ3) is 2.66. The fourth-order valence-electron chi connectivity index (χ4n) is 5.55. The topological polar surface area (TPSA) is 41.4 Å². The van der Waals surface area contributed by atoms with Crippen molar-refractivity contribution in [3.05, 3.63) is 78.0 Å². The highest BCUT2D eigenvalue weighted by atomic mass is 15.3. The molecule has 0 saturated carbocycles. The molecule has 146 valence electrons. The molecule has 0 saturated heterocycles. The second-order valence-corrected chi connectivity index (χ2v) is 8.53. The van der Waals surface area contributed by atoms with Gasteiger partial charge in [0.15, 0.2) is 0 Å². The zero-order chi connectivity index (χ0) is 19.3. The van der Waals surface area contributed by atoms with Crippen LogP contribution in [0.2, 0.25) is 0 Å². The summed E-state index contributed by atoms with van der Waals surface area (Å²) in [5, 5.41) is 9.88. The number of aromatic nitrogens is 1. The SMILES string of the molecule is C1=C[C@@]2(CC/C1=N/Nc1ccccc1)CC[C@@H]1NCCc3c1n2c1ccccc31. The molecule has 2 atom stereocenters. The number of para-hydroxylation sites is 2. The lowest BCUT2D eigenvalue weighted by Crippen LogP contribution is -2.44. The summed E-state index contributed by atoms with van der Waals surface area (Å²) >= 11 is 0. The number of fused-ring (bicyclic) bond motifs is 4. The van der Waals surface area contributed by atoms with Crippen LogP contribution in [0.4, 0.5) is 5.69 Å². The molecule has 3 aromatic rings. The fourth-order valence-corrected chi connectivity index (χ4v) is 5.55. The number of anilines is 1. The average molecular weight is 383 g/mol. The molecular formula is C25H26N4. The van der Waals surface area contributed by atoms with E-state index in [1.54, 1.807) is 5.56 Å². The first kappa shape index (κ1) is 17.0. The van der Waals surface area contributed by atoms with Gasteiger partial charge in [0.2, 0.25) is 0 Å².